The number of benzene rings is 12. The summed E-state index contributed by atoms with van der Waals surface area (Å²) in [5.74, 6) is 0. The van der Waals surface area contributed by atoms with E-state index in [9.17, 15) is 0 Å². The van der Waals surface area contributed by atoms with E-state index >= 15 is 0 Å². The van der Waals surface area contributed by atoms with Crippen LogP contribution in [0.1, 0.15) is 65.5 Å². The zero-order valence-corrected chi connectivity index (χ0v) is 42.2. The monoisotopic (exact) mass is 971 g/mol. The van der Waals surface area contributed by atoms with Crippen LogP contribution in [-0.2, 0) is 10.8 Å². The second kappa shape index (κ2) is 15.5. The van der Waals surface area contributed by atoms with E-state index in [1.165, 1.54) is 174 Å². The van der Waals surface area contributed by atoms with Crippen LogP contribution < -0.4 is 4.90 Å². The maximum Gasteiger partial charge on any atom is 0.0726 e. The van der Waals surface area contributed by atoms with Gasteiger partial charge in [-0.25, -0.2) is 0 Å². The Morgan fingerprint density at radius 2 is 0.813 bits per heavy atom. The van der Waals surface area contributed by atoms with Crippen molar-refractivity contribution in [3.63, 3.8) is 0 Å². The van der Waals surface area contributed by atoms with Gasteiger partial charge in [0.1, 0.15) is 0 Å². The highest BCUT2D eigenvalue weighted by Gasteiger charge is 2.52. The minimum Gasteiger partial charge on any atom is -0.309 e. The fraction of sp³-hybridized carbons (Fsp3) is 0.0959. The van der Waals surface area contributed by atoms with Crippen LogP contribution in [0, 0.1) is 0 Å². The van der Waals surface area contributed by atoms with Gasteiger partial charge in [-0.15, -0.1) is 11.3 Å². The van der Waals surface area contributed by atoms with E-state index < -0.39 is 5.41 Å². The van der Waals surface area contributed by atoms with Crippen LogP contribution >= 0.6 is 11.3 Å². The lowest BCUT2D eigenvalue weighted by molar-refractivity contribution is 0.353. The van der Waals surface area contributed by atoms with Gasteiger partial charge in [0.15, 0.2) is 0 Å². The molecule has 4 aliphatic carbocycles. The molecule has 2 heteroatoms. The first-order valence-corrected chi connectivity index (χ1v) is 27.8. The molecule has 1 saturated carbocycles. The molecule has 13 aromatic rings. The lowest BCUT2D eigenvalue weighted by Gasteiger charge is -2.36. The van der Waals surface area contributed by atoms with E-state index in [2.05, 4.69) is 241 Å². The molecule has 2 spiro atoms. The van der Waals surface area contributed by atoms with Crippen molar-refractivity contribution in [3.8, 4) is 44.5 Å². The minimum absolute atomic E-state index is 0.0171. The summed E-state index contributed by atoms with van der Waals surface area (Å²) in [4.78, 5) is 2.71. The summed E-state index contributed by atoms with van der Waals surface area (Å²) < 4.78 is 2.63. The molecule has 1 nitrogen and oxygen atoms in total. The average molecular weight is 972 g/mol. The number of nitrogens with zero attached hydrogens (tertiary/aromatic N) is 1. The Morgan fingerprint density at radius 1 is 0.307 bits per heavy atom. The number of thiophene rings is 1. The molecule has 75 heavy (non-hydrogen) atoms. The van der Waals surface area contributed by atoms with Crippen molar-refractivity contribution in [2.75, 3.05) is 4.90 Å². The molecule has 12 aromatic carbocycles. The molecule has 0 N–H and O–H groups in total. The van der Waals surface area contributed by atoms with Gasteiger partial charge in [-0.05, 0) is 143 Å². The Morgan fingerprint density at radius 3 is 1.49 bits per heavy atom. The van der Waals surface area contributed by atoms with Crippen LogP contribution in [0.2, 0.25) is 0 Å². The SMILES string of the molecule is c1ccc2c(c1)-c1c(N(c3ccc4c5ccccc5c5ccccc5c4c3)c3cc4c(cc3-c3cccc5c3sc3ccccc35)-c3ccccc3C43c4ccccc4-c4ccccc43)cccc1C21CCCCC1. The summed E-state index contributed by atoms with van der Waals surface area (Å²) in [6.45, 7) is 0. The van der Waals surface area contributed by atoms with Crippen molar-refractivity contribution >= 4 is 80.9 Å². The summed E-state index contributed by atoms with van der Waals surface area (Å²) >= 11 is 1.93. The largest absolute Gasteiger partial charge is 0.309 e. The first-order chi connectivity index (χ1) is 37.2. The highest BCUT2D eigenvalue weighted by Crippen LogP contribution is 2.66. The molecule has 1 fully saturated rings. The standard InChI is InChI=1S/C73H49NS/c1-16-40-72(41-17-1)61-31-11-9-28-57(61)70-65(72)35-19-36-67(70)74(45-38-39-50-48-22-3-2-20-46(48)47-21-4-5-23-49(47)58(50)42-45)68-44-66-59(43-60(68)56-30-18-29-55-54-27-10-15-37-69(54)75-71(55)56)53-26-8-14-34-64(53)73(66)62-32-12-6-24-51(62)52-25-7-13-33-63(52)73/h2-15,18-39,42-44H,1,16-17,40-41H2. The van der Waals surface area contributed by atoms with Crippen molar-refractivity contribution in [2.45, 2.75) is 42.9 Å². The summed E-state index contributed by atoms with van der Waals surface area (Å²) in [7, 11) is 0. The number of fused-ring (bicyclic) bond motifs is 24. The fourth-order valence-electron chi connectivity index (χ4n) is 15.3. The van der Waals surface area contributed by atoms with Gasteiger partial charge in [-0.3, -0.25) is 0 Å². The van der Waals surface area contributed by atoms with E-state index in [1.807, 2.05) is 11.3 Å². The Labute approximate surface area is 440 Å². The van der Waals surface area contributed by atoms with Crippen LogP contribution in [0.4, 0.5) is 17.1 Å². The first-order valence-electron chi connectivity index (χ1n) is 27.0. The third-order valence-electron chi connectivity index (χ3n) is 18.3. The van der Waals surface area contributed by atoms with Crippen LogP contribution in [0.15, 0.2) is 237 Å². The Balaban J connectivity index is 1.05. The lowest BCUT2D eigenvalue weighted by atomic mass is 9.68. The van der Waals surface area contributed by atoms with E-state index in [0.29, 0.717) is 0 Å². The van der Waals surface area contributed by atoms with Crippen LogP contribution in [0.5, 0.6) is 0 Å². The zero-order valence-electron chi connectivity index (χ0n) is 41.4. The maximum atomic E-state index is 2.71. The molecule has 1 aromatic heterocycles. The number of rotatable bonds is 4. The smallest absolute Gasteiger partial charge is 0.0726 e. The molecular weight excluding hydrogens is 923 g/mol. The van der Waals surface area contributed by atoms with E-state index in [4.69, 9.17) is 0 Å². The fourth-order valence-corrected chi connectivity index (χ4v) is 16.5. The van der Waals surface area contributed by atoms with Crippen LogP contribution in [0.25, 0.3) is 97.0 Å². The predicted molar refractivity (Wildman–Crippen MR) is 318 cm³/mol. The normalized spacial score (nSPS) is 15.1. The average Bonchev–Trinajstić information content (AvgIpc) is 4.19. The van der Waals surface area contributed by atoms with Crippen LogP contribution in [-0.4, -0.2) is 0 Å². The first kappa shape index (κ1) is 41.9. The Kier molecular flexibility index (Phi) is 8.65. The van der Waals surface area contributed by atoms with Gasteiger partial charge < -0.3 is 4.90 Å². The second-order valence-electron chi connectivity index (χ2n) is 21.6. The van der Waals surface area contributed by atoms with Gasteiger partial charge >= 0.3 is 0 Å². The lowest BCUT2D eigenvalue weighted by Crippen LogP contribution is -2.28. The number of hydrogen-bond donors (Lipinski definition) is 0. The van der Waals surface area contributed by atoms with Gasteiger partial charge in [-0.1, -0.05) is 219 Å². The van der Waals surface area contributed by atoms with Crippen molar-refractivity contribution in [1.82, 2.24) is 0 Å². The van der Waals surface area contributed by atoms with Gasteiger partial charge in [0.25, 0.3) is 0 Å². The van der Waals surface area contributed by atoms with E-state index in [0.717, 1.165) is 5.69 Å². The van der Waals surface area contributed by atoms with Crippen molar-refractivity contribution < 1.29 is 0 Å². The molecular formula is C73H49NS. The van der Waals surface area contributed by atoms with Crippen LogP contribution in [0.3, 0.4) is 0 Å². The third kappa shape index (κ3) is 5.47. The third-order valence-corrected chi connectivity index (χ3v) is 19.5. The molecule has 0 saturated heterocycles. The van der Waals surface area contributed by atoms with Crippen molar-refractivity contribution in [1.29, 1.82) is 0 Å². The molecule has 0 aliphatic heterocycles. The summed E-state index contributed by atoms with van der Waals surface area (Å²) in [6, 6.07) is 91.3. The molecule has 352 valence electrons. The molecule has 0 radical (unpaired) electrons. The molecule has 0 atom stereocenters. The van der Waals surface area contributed by atoms with Crippen molar-refractivity contribution in [3.05, 3.63) is 270 Å². The molecule has 0 unspecified atom stereocenters. The van der Waals surface area contributed by atoms with E-state index in [1.54, 1.807) is 0 Å². The van der Waals surface area contributed by atoms with Gasteiger partial charge in [0, 0.05) is 48.0 Å². The summed E-state index contributed by atoms with van der Waals surface area (Å²) in [5.41, 5.74) is 21.9. The van der Waals surface area contributed by atoms with Gasteiger partial charge in [0.05, 0.1) is 16.8 Å². The second-order valence-corrected chi connectivity index (χ2v) is 22.7. The van der Waals surface area contributed by atoms with E-state index in [-0.39, 0.29) is 5.41 Å². The molecule has 17 rings (SSSR count). The van der Waals surface area contributed by atoms with Crippen molar-refractivity contribution in [2.24, 2.45) is 0 Å². The Hall–Kier alpha value is -8.56. The summed E-state index contributed by atoms with van der Waals surface area (Å²) in [6.07, 6.45) is 6.13. The topological polar surface area (TPSA) is 3.24 Å². The predicted octanol–water partition coefficient (Wildman–Crippen LogP) is 20.2. The highest BCUT2D eigenvalue weighted by atomic mass is 32.1. The highest BCUT2D eigenvalue weighted by molar-refractivity contribution is 7.26. The quantitative estimate of drug-likeness (QED) is 0.159. The Bertz CT molecular complexity index is 4520. The number of anilines is 3. The van der Waals surface area contributed by atoms with Gasteiger partial charge in [0.2, 0.25) is 0 Å². The molecule has 4 aliphatic rings. The molecule has 0 bridgehead atoms. The zero-order chi connectivity index (χ0) is 49.0. The molecule has 1 heterocycles. The summed E-state index contributed by atoms with van der Waals surface area (Å²) in [5, 5.41) is 10.3. The molecule has 0 amide bonds. The minimum atomic E-state index is -0.530. The van der Waals surface area contributed by atoms with Gasteiger partial charge in [-0.2, -0.15) is 0 Å². The maximum absolute atomic E-state index is 2.71. The number of hydrogen-bond acceptors (Lipinski definition) is 2.